The van der Waals surface area contributed by atoms with Gasteiger partial charge in [0.25, 0.3) is 0 Å². The molecule has 74 valence electrons. The van der Waals surface area contributed by atoms with Gasteiger partial charge in [0.15, 0.2) is 0 Å². The number of ether oxygens (including phenoxy) is 1. The van der Waals surface area contributed by atoms with E-state index < -0.39 is 5.97 Å². The Morgan fingerprint density at radius 3 is 2.57 bits per heavy atom. The predicted molar refractivity (Wildman–Crippen MR) is 56.1 cm³/mol. The van der Waals surface area contributed by atoms with Crippen molar-refractivity contribution < 1.29 is 9.53 Å². The van der Waals surface area contributed by atoms with Gasteiger partial charge >= 0.3 is 5.97 Å². The van der Waals surface area contributed by atoms with Crippen LogP contribution in [-0.2, 0) is 4.74 Å². The highest BCUT2D eigenvalue weighted by molar-refractivity contribution is 5.90. The lowest BCUT2D eigenvalue weighted by atomic mass is 10.2. The van der Waals surface area contributed by atoms with Crippen LogP contribution >= 0.6 is 0 Å². The summed E-state index contributed by atoms with van der Waals surface area (Å²) in [5.74, 6) is 5.18. The normalized spacial score (nSPS) is 9.50. The van der Waals surface area contributed by atoms with Gasteiger partial charge in [-0.3, -0.25) is 4.68 Å². The van der Waals surface area contributed by atoms with E-state index >= 15 is 0 Å². The molecule has 0 saturated heterocycles. The van der Waals surface area contributed by atoms with Crippen LogP contribution in [0.5, 0.6) is 0 Å². The molecule has 2 N–H and O–H groups in total. The third-order valence-electron chi connectivity index (χ3n) is 1.91. The van der Waals surface area contributed by atoms with E-state index in [0.717, 1.165) is 5.56 Å². The van der Waals surface area contributed by atoms with Crippen LogP contribution < -0.4 is 5.84 Å². The highest BCUT2D eigenvalue weighted by Gasteiger charge is 2.15. The number of nitrogen functional groups attached to an aromatic ring is 1. The van der Waals surface area contributed by atoms with E-state index in [4.69, 9.17) is 5.84 Å². The van der Waals surface area contributed by atoms with Crippen molar-refractivity contribution in [3.05, 3.63) is 36.2 Å². The zero-order valence-electron chi connectivity index (χ0n) is 7.99. The number of hydrogen-bond donors (Lipinski definition) is 1. The lowest BCUT2D eigenvalue weighted by molar-refractivity contribution is 0.0591. The molecule has 0 aliphatic rings. The second-order valence-electron chi connectivity index (χ2n) is 2.64. The van der Waals surface area contributed by atoms with E-state index in [-0.39, 0.29) is 5.69 Å². The molecule has 0 radical (unpaired) electrons. The maximum atomic E-state index is 11.2. The van der Waals surface area contributed by atoms with Crippen LogP contribution in [0.3, 0.4) is 0 Å². The zero-order valence-corrected chi connectivity index (χ0v) is 7.99. The Hall–Kier alpha value is -1.97. The maximum Gasteiger partial charge on any atom is 0.356 e. The van der Waals surface area contributed by atoms with Crippen molar-refractivity contribution in [2.75, 3.05) is 13.0 Å². The number of rotatable bonds is 3. The van der Waals surface area contributed by atoms with Crippen molar-refractivity contribution >= 4 is 18.1 Å². The van der Waals surface area contributed by atoms with Crippen molar-refractivity contribution in [2.24, 2.45) is 0 Å². The quantitative estimate of drug-likeness (QED) is 0.579. The number of nitrogens with zero attached hydrogens (tertiary/aromatic N) is 1. The average Bonchev–Trinajstić information content (AvgIpc) is 2.53. The molecule has 0 saturated carbocycles. The van der Waals surface area contributed by atoms with E-state index in [1.165, 1.54) is 11.8 Å². The minimum atomic E-state index is -0.483. The lowest BCUT2D eigenvalue weighted by Gasteiger charge is -2.02. The van der Waals surface area contributed by atoms with Crippen LogP contribution in [0.25, 0.3) is 12.2 Å². The predicted octanol–water partition coefficient (Wildman–Crippen LogP) is 1.27. The molecule has 0 atom stereocenters. The zero-order chi connectivity index (χ0) is 10.7. The fourth-order valence-corrected chi connectivity index (χ4v) is 1.20. The van der Waals surface area contributed by atoms with Crippen molar-refractivity contribution in [1.29, 1.82) is 0 Å². The molecule has 4 nitrogen and oxygen atoms in total. The van der Waals surface area contributed by atoms with Gasteiger partial charge in [0, 0.05) is 5.56 Å². The van der Waals surface area contributed by atoms with Gasteiger partial charge in [0.2, 0.25) is 0 Å². The first-order chi connectivity index (χ1) is 6.65. The van der Waals surface area contributed by atoms with Gasteiger partial charge in [0.05, 0.1) is 12.8 Å². The molecule has 1 aromatic rings. The molecule has 1 heterocycles. The average molecular weight is 192 g/mol. The van der Waals surface area contributed by atoms with Crippen molar-refractivity contribution in [1.82, 2.24) is 4.68 Å². The Morgan fingerprint density at radius 1 is 1.57 bits per heavy atom. The van der Waals surface area contributed by atoms with Crippen LogP contribution in [0.1, 0.15) is 21.7 Å². The highest BCUT2D eigenvalue weighted by Crippen LogP contribution is 2.16. The molecule has 0 unspecified atom stereocenters. The molecule has 14 heavy (non-hydrogen) atoms. The monoisotopic (exact) mass is 192 g/mol. The fourth-order valence-electron chi connectivity index (χ4n) is 1.20. The van der Waals surface area contributed by atoms with E-state index in [1.807, 2.05) is 0 Å². The van der Waals surface area contributed by atoms with Crippen LogP contribution in [0, 0.1) is 0 Å². The van der Waals surface area contributed by atoms with Gasteiger partial charge in [-0.25, -0.2) is 4.79 Å². The number of methoxy groups -OCH3 is 1. The summed E-state index contributed by atoms with van der Waals surface area (Å²) in [5, 5.41) is 0. The number of nitrogens with two attached hydrogens (primary N) is 1. The summed E-state index contributed by atoms with van der Waals surface area (Å²) in [6.45, 7) is 7.21. The maximum absolute atomic E-state index is 11.2. The standard InChI is InChI=1S/C10H12N2O2/c1-4-7-6-9(10(13)14-3)12(11)8(7)5-2/h4-6H,1-2,11H2,3H3. The highest BCUT2D eigenvalue weighted by atomic mass is 16.5. The van der Waals surface area contributed by atoms with Gasteiger partial charge in [-0.05, 0) is 12.1 Å². The molecule has 0 aliphatic carbocycles. The Bertz CT molecular complexity index is 391. The number of hydrogen-bond acceptors (Lipinski definition) is 3. The SMILES string of the molecule is C=Cc1cc(C(=O)OC)n(N)c1C=C. The molecule has 0 spiro atoms. The molecule has 1 aromatic heterocycles. The smallest absolute Gasteiger partial charge is 0.356 e. The van der Waals surface area contributed by atoms with Crippen molar-refractivity contribution in [3.8, 4) is 0 Å². The van der Waals surface area contributed by atoms with E-state index in [2.05, 4.69) is 17.9 Å². The Kier molecular flexibility index (Phi) is 2.76. The van der Waals surface area contributed by atoms with E-state index in [0.29, 0.717) is 5.69 Å². The molecule has 0 aliphatic heterocycles. The first-order valence-corrected chi connectivity index (χ1v) is 3.99. The summed E-state index contributed by atoms with van der Waals surface area (Å²) in [4.78, 5) is 11.2. The number of esters is 1. The molecule has 0 aromatic carbocycles. The van der Waals surface area contributed by atoms with Crippen LogP contribution in [0.4, 0.5) is 0 Å². The van der Waals surface area contributed by atoms with Crippen LogP contribution in [0.15, 0.2) is 19.2 Å². The van der Waals surface area contributed by atoms with Gasteiger partial charge < -0.3 is 10.6 Å². The third-order valence-corrected chi connectivity index (χ3v) is 1.91. The number of aromatic nitrogens is 1. The summed E-state index contributed by atoms with van der Waals surface area (Å²) in [5.41, 5.74) is 1.67. The Labute approximate surface area is 82.2 Å². The second-order valence-corrected chi connectivity index (χ2v) is 2.64. The van der Waals surface area contributed by atoms with Crippen molar-refractivity contribution in [2.45, 2.75) is 0 Å². The fraction of sp³-hybridized carbons (Fsp3) is 0.100. The van der Waals surface area contributed by atoms with Gasteiger partial charge in [-0.2, -0.15) is 0 Å². The first-order valence-electron chi connectivity index (χ1n) is 3.99. The van der Waals surface area contributed by atoms with Gasteiger partial charge in [-0.15, -0.1) is 0 Å². The summed E-state index contributed by atoms with van der Waals surface area (Å²) < 4.78 is 5.80. The Morgan fingerprint density at radius 2 is 2.21 bits per heavy atom. The molecule has 0 bridgehead atoms. The summed E-state index contributed by atoms with van der Waals surface area (Å²) in [7, 11) is 1.30. The summed E-state index contributed by atoms with van der Waals surface area (Å²) in [6.07, 6.45) is 3.16. The van der Waals surface area contributed by atoms with Gasteiger partial charge in [-0.1, -0.05) is 19.2 Å². The third kappa shape index (κ3) is 1.42. The number of carbonyl (C=O) groups excluding carboxylic acids is 1. The minimum absolute atomic E-state index is 0.275. The largest absolute Gasteiger partial charge is 0.464 e. The van der Waals surface area contributed by atoms with E-state index in [9.17, 15) is 4.79 Å². The molecule has 1 rings (SSSR count). The molecular weight excluding hydrogens is 180 g/mol. The van der Waals surface area contributed by atoms with Crippen molar-refractivity contribution in [3.63, 3.8) is 0 Å². The second kappa shape index (κ2) is 3.83. The molecular formula is C10H12N2O2. The van der Waals surface area contributed by atoms with Crippen LogP contribution in [0.2, 0.25) is 0 Å². The molecule has 0 amide bonds. The number of carbonyl (C=O) groups is 1. The Balaban J connectivity index is 3.34. The van der Waals surface area contributed by atoms with Gasteiger partial charge in [0.1, 0.15) is 5.69 Å². The first kappa shape index (κ1) is 10.1. The minimum Gasteiger partial charge on any atom is -0.464 e. The lowest BCUT2D eigenvalue weighted by Crippen LogP contribution is -2.18. The topological polar surface area (TPSA) is 57.2 Å². The summed E-state index contributed by atoms with van der Waals surface area (Å²) >= 11 is 0. The summed E-state index contributed by atoms with van der Waals surface area (Å²) in [6, 6.07) is 1.61. The molecule has 4 heteroatoms. The van der Waals surface area contributed by atoms with Crippen LogP contribution in [-0.4, -0.2) is 17.8 Å². The van der Waals surface area contributed by atoms with E-state index in [1.54, 1.807) is 18.2 Å². The molecule has 0 fully saturated rings.